The molecule has 3 unspecified atom stereocenters. The summed E-state index contributed by atoms with van der Waals surface area (Å²) in [7, 11) is 0. The number of nitrogens with zero attached hydrogens (tertiary/aromatic N) is 1. The molecule has 1 aliphatic carbocycles. The zero-order valence-corrected chi connectivity index (χ0v) is 11.6. The number of hydrogen-bond acceptors (Lipinski definition) is 3. The molecule has 94 valence electrons. The summed E-state index contributed by atoms with van der Waals surface area (Å²) < 4.78 is 0. The Labute approximate surface area is 105 Å². The van der Waals surface area contributed by atoms with Gasteiger partial charge in [0.15, 0.2) is 0 Å². The minimum Gasteiger partial charge on any atom is -0.313 e. The zero-order chi connectivity index (χ0) is 11.4. The maximum absolute atomic E-state index is 3.67. The summed E-state index contributed by atoms with van der Waals surface area (Å²) in [6, 6.07) is 1.64. The number of rotatable bonds is 5. The van der Waals surface area contributed by atoms with Gasteiger partial charge >= 0.3 is 0 Å². The third kappa shape index (κ3) is 2.93. The molecule has 2 aliphatic rings. The van der Waals surface area contributed by atoms with Crippen LogP contribution in [0.4, 0.5) is 0 Å². The van der Waals surface area contributed by atoms with Crippen molar-refractivity contribution < 1.29 is 0 Å². The fraction of sp³-hybridized carbons (Fsp3) is 1.00. The van der Waals surface area contributed by atoms with Crippen LogP contribution in [-0.2, 0) is 0 Å². The Morgan fingerprint density at radius 3 is 2.94 bits per heavy atom. The molecule has 1 saturated heterocycles. The third-order valence-corrected chi connectivity index (χ3v) is 5.25. The monoisotopic (exact) mass is 242 g/mol. The molecule has 0 bridgehead atoms. The lowest BCUT2D eigenvalue weighted by atomic mass is 10.2. The molecule has 0 spiro atoms. The van der Waals surface area contributed by atoms with E-state index in [1.54, 1.807) is 0 Å². The Morgan fingerprint density at radius 1 is 1.31 bits per heavy atom. The topological polar surface area (TPSA) is 15.3 Å². The average molecular weight is 242 g/mol. The van der Waals surface area contributed by atoms with Crippen LogP contribution in [-0.4, -0.2) is 48.1 Å². The molecule has 1 N–H and O–H groups in total. The summed E-state index contributed by atoms with van der Waals surface area (Å²) >= 11 is 2.08. The first-order chi connectivity index (χ1) is 7.85. The smallest absolute Gasteiger partial charge is 0.0215 e. The van der Waals surface area contributed by atoms with Gasteiger partial charge in [-0.1, -0.05) is 13.3 Å². The van der Waals surface area contributed by atoms with Crippen LogP contribution in [0.5, 0.6) is 0 Å². The lowest BCUT2D eigenvalue weighted by molar-refractivity contribution is 0.244. The summed E-state index contributed by atoms with van der Waals surface area (Å²) in [5, 5.41) is 4.58. The van der Waals surface area contributed by atoms with Crippen molar-refractivity contribution in [3.63, 3.8) is 0 Å². The van der Waals surface area contributed by atoms with E-state index >= 15 is 0 Å². The fourth-order valence-corrected chi connectivity index (χ4v) is 4.23. The van der Waals surface area contributed by atoms with Gasteiger partial charge in [0.05, 0.1) is 0 Å². The van der Waals surface area contributed by atoms with Gasteiger partial charge in [-0.05, 0) is 38.5 Å². The van der Waals surface area contributed by atoms with Crippen molar-refractivity contribution in [1.82, 2.24) is 10.2 Å². The van der Waals surface area contributed by atoms with Crippen molar-refractivity contribution in [2.75, 3.05) is 25.9 Å². The molecule has 0 radical (unpaired) electrons. The molecule has 1 saturated carbocycles. The molecule has 1 heterocycles. The summed E-state index contributed by atoms with van der Waals surface area (Å²) in [5.74, 6) is 0. The van der Waals surface area contributed by atoms with E-state index in [0.29, 0.717) is 0 Å². The fourth-order valence-electron chi connectivity index (χ4n) is 3.20. The van der Waals surface area contributed by atoms with E-state index < -0.39 is 0 Å². The van der Waals surface area contributed by atoms with Crippen LogP contribution < -0.4 is 5.32 Å². The molecule has 1 aliphatic heterocycles. The highest BCUT2D eigenvalue weighted by Crippen LogP contribution is 2.33. The predicted molar refractivity (Wildman–Crippen MR) is 73.2 cm³/mol. The number of thioether (sulfide) groups is 1. The maximum Gasteiger partial charge on any atom is 0.0215 e. The second-order valence-electron chi connectivity index (χ2n) is 5.21. The molecular formula is C13H26N2S. The van der Waals surface area contributed by atoms with E-state index in [2.05, 4.69) is 35.2 Å². The van der Waals surface area contributed by atoms with Gasteiger partial charge in [0.2, 0.25) is 0 Å². The predicted octanol–water partition coefficient (Wildman–Crippen LogP) is 2.34. The van der Waals surface area contributed by atoms with Gasteiger partial charge in [-0.3, -0.25) is 4.90 Å². The molecule has 3 heteroatoms. The highest BCUT2D eigenvalue weighted by atomic mass is 32.2. The van der Waals surface area contributed by atoms with Crippen LogP contribution in [0.25, 0.3) is 0 Å². The zero-order valence-electron chi connectivity index (χ0n) is 10.7. The van der Waals surface area contributed by atoms with Crippen LogP contribution in [0, 0.1) is 0 Å². The molecule has 16 heavy (non-hydrogen) atoms. The summed E-state index contributed by atoms with van der Waals surface area (Å²) in [6.45, 7) is 6.06. The van der Waals surface area contributed by atoms with Gasteiger partial charge in [0.1, 0.15) is 0 Å². The third-order valence-electron chi connectivity index (χ3n) is 4.09. The number of hydrogen-bond donors (Lipinski definition) is 1. The first-order valence-corrected chi connectivity index (χ1v) is 8.14. The van der Waals surface area contributed by atoms with Crippen molar-refractivity contribution in [2.45, 2.75) is 56.4 Å². The van der Waals surface area contributed by atoms with E-state index in [1.165, 1.54) is 51.7 Å². The van der Waals surface area contributed by atoms with Crippen molar-refractivity contribution in [1.29, 1.82) is 0 Å². The van der Waals surface area contributed by atoms with Crippen LogP contribution in [0.15, 0.2) is 0 Å². The highest BCUT2D eigenvalue weighted by molar-refractivity contribution is 7.99. The molecule has 0 amide bonds. The van der Waals surface area contributed by atoms with Crippen LogP contribution in [0.2, 0.25) is 0 Å². The average Bonchev–Trinajstić information content (AvgIpc) is 2.94. The molecule has 2 rings (SSSR count). The van der Waals surface area contributed by atoms with Crippen molar-refractivity contribution in [3.05, 3.63) is 0 Å². The van der Waals surface area contributed by atoms with Gasteiger partial charge < -0.3 is 5.32 Å². The Bertz CT molecular complexity index is 210. The minimum absolute atomic E-state index is 0.767. The Kier molecular flexibility index (Phi) is 4.98. The van der Waals surface area contributed by atoms with Gasteiger partial charge in [-0.25, -0.2) is 0 Å². The summed E-state index contributed by atoms with van der Waals surface area (Å²) in [5.41, 5.74) is 0. The lowest BCUT2D eigenvalue weighted by Gasteiger charge is -2.28. The van der Waals surface area contributed by atoms with E-state index in [1.807, 2.05) is 0 Å². The van der Waals surface area contributed by atoms with Gasteiger partial charge in [0.25, 0.3) is 0 Å². The van der Waals surface area contributed by atoms with Crippen LogP contribution in [0.3, 0.4) is 0 Å². The molecule has 0 aromatic heterocycles. The summed E-state index contributed by atoms with van der Waals surface area (Å²) in [4.78, 5) is 2.75. The SMILES string of the molecule is CCCNC1CCN(C2CCCC2SC)C1. The standard InChI is InChI=1S/C13H26N2S/c1-3-8-14-11-7-9-15(10-11)12-5-4-6-13(12)16-2/h11-14H,3-10H2,1-2H3. The Balaban J connectivity index is 1.79. The van der Waals surface area contributed by atoms with E-state index in [4.69, 9.17) is 0 Å². The van der Waals surface area contributed by atoms with Gasteiger partial charge in [-0.15, -0.1) is 0 Å². The van der Waals surface area contributed by atoms with E-state index in [9.17, 15) is 0 Å². The Hall–Kier alpha value is 0.270. The molecular weight excluding hydrogens is 216 g/mol. The quantitative estimate of drug-likeness (QED) is 0.797. The molecule has 2 fully saturated rings. The Morgan fingerprint density at radius 2 is 2.19 bits per heavy atom. The number of likely N-dealkylation sites (tertiary alicyclic amines) is 1. The van der Waals surface area contributed by atoms with Crippen molar-refractivity contribution in [2.24, 2.45) is 0 Å². The molecule has 3 atom stereocenters. The molecule has 0 aromatic rings. The second-order valence-corrected chi connectivity index (χ2v) is 6.28. The first kappa shape index (κ1) is 12.7. The van der Waals surface area contributed by atoms with Crippen molar-refractivity contribution in [3.8, 4) is 0 Å². The minimum atomic E-state index is 0.767. The number of nitrogens with one attached hydrogen (secondary N) is 1. The maximum atomic E-state index is 3.67. The van der Waals surface area contributed by atoms with E-state index in [-0.39, 0.29) is 0 Å². The van der Waals surface area contributed by atoms with E-state index in [0.717, 1.165) is 17.3 Å². The lowest BCUT2D eigenvalue weighted by Crippen LogP contribution is -2.40. The second kappa shape index (κ2) is 6.27. The first-order valence-electron chi connectivity index (χ1n) is 6.85. The van der Waals surface area contributed by atoms with Gasteiger partial charge in [0, 0.05) is 30.4 Å². The normalized spacial score (nSPS) is 36.0. The van der Waals surface area contributed by atoms with Crippen molar-refractivity contribution >= 4 is 11.8 Å². The largest absolute Gasteiger partial charge is 0.313 e. The highest BCUT2D eigenvalue weighted by Gasteiger charge is 2.35. The van der Waals surface area contributed by atoms with Crippen LogP contribution >= 0.6 is 11.8 Å². The van der Waals surface area contributed by atoms with Crippen LogP contribution in [0.1, 0.15) is 39.0 Å². The molecule has 0 aromatic carbocycles. The van der Waals surface area contributed by atoms with Gasteiger partial charge in [-0.2, -0.15) is 11.8 Å². The summed E-state index contributed by atoms with van der Waals surface area (Å²) in [6.07, 6.45) is 9.22. The molecule has 2 nitrogen and oxygen atoms in total.